The summed E-state index contributed by atoms with van der Waals surface area (Å²) in [5.41, 5.74) is 9.09. The molecule has 0 aliphatic rings. The lowest BCUT2D eigenvalue weighted by Crippen LogP contribution is -2.03. The van der Waals surface area contributed by atoms with Crippen LogP contribution in [0, 0.1) is 12.7 Å². The SMILES string of the molecule is Cc1cc(N)ccc1NCc1ccccc1F. The maximum absolute atomic E-state index is 13.4. The van der Waals surface area contributed by atoms with Gasteiger partial charge in [0.15, 0.2) is 0 Å². The molecule has 3 heteroatoms. The molecule has 2 rings (SSSR count). The molecule has 0 saturated heterocycles. The number of hydrogen-bond donors (Lipinski definition) is 2. The van der Waals surface area contributed by atoms with Crippen LogP contribution in [0.15, 0.2) is 42.5 Å². The maximum atomic E-state index is 13.4. The highest BCUT2D eigenvalue weighted by atomic mass is 19.1. The number of aryl methyl sites for hydroxylation is 1. The first kappa shape index (κ1) is 11.5. The Bertz CT molecular complexity index is 523. The van der Waals surface area contributed by atoms with Gasteiger partial charge in [-0.1, -0.05) is 18.2 Å². The molecule has 0 fully saturated rings. The molecule has 0 saturated carbocycles. The summed E-state index contributed by atoms with van der Waals surface area (Å²) in [5.74, 6) is -0.187. The normalized spacial score (nSPS) is 10.2. The minimum Gasteiger partial charge on any atom is -0.399 e. The molecule has 0 aliphatic heterocycles. The zero-order chi connectivity index (χ0) is 12.3. The minimum atomic E-state index is -0.187. The zero-order valence-corrected chi connectivity index (χ0v) is 9.70. The minimum absolute atomic E-state index is 0.187. The van der Waals surface area contributed by atoms with Crippen LogP contribution in [0.3, 0.4) is 0 Å². The van der Waals surface area contributed by atoms with Gasteiger partial charge in [0.1, 0.15) is 5.82 Å². The third-order valence-corrected chi connectivity index (χ3v) is 2.68. The van der Waals surface area contributed by atoms with Gasteiger partial charge in [-0.3, -0.25) is 0 Å². The van der Waals surface area contributed by atoms with Gasteiger partial charge in [-0.25, -0.2) is 4.39 Å². The smallest absolute Gasteiger partial charge is 0.128 e. The highest BCUT2D eigenvalue weighted by molar-refractivity contribution is 5.57. The molecule has 0 heterocycles. The number of halogens is 1. The summed E-state index contributed by atoms with van der Waals surface area (Å²) in [6.07, 6.45) is 0. The van der Waals surface area contributed by atoms with Crippen LogP contribution >= 0.6 is 0 Å². The number of nitrogen functional groups attached to an aromatic ring is 1. The van der Waals surface area contributed by atoms with E-state index in [1.165, 1.54) is 6.07 Å². The van der Waals surface area contributed by atoms with Crippen LogP contribution in [0.5, 0.6) is 0 Å². The van der Waals surface area contributed by atoms with Gasteiger partial charge in [-0.05, 0) is 36.8 Å². The summed E-state index contributed by atoms with van der Waals surface area (Å²) in [5, 5.41) is 3.20. The van der Waals surface area contributed by atoms with Crippen LogP contribution in [-0.4, -0.2) is 0 Å². The lowest BCUT2D eigenvalue weighted by Gasteiger charge is -2.10. The Balaban J connectivity index is 2.10. The monoisotopic (exact) mass is 230 g/mol. The molecule has 0 atom stereocenters. The van der Waals surface area contributed by atoms with Crippen molar-refractivity contribution in [3.8, 4) is 0 Å². The number of nitrogens with two attached hydrogens (primary N) is 1. The van der Waals surface area contributed by atoms with Crippen LogP contribution < -0.4 is 11.1 Å². The molecular weight excluding hydrogens is 215 g/mol. The van der Waals surface area contributed by atoms with Crippen molar-refractivity contribution < 1.29 is 4.39 Å². The standard InChI is InChI=1S/C14H15FN2/c1-10-8-12(16)6-7-14(10)17-9-11-4-2-3-5-13(11)15/h2-8,17H,9,16H2,1H3. The van der Waals surface area contributed by atoms with Gasteiger partial charge in [0, 0.05) is 23.5 Å². The van der Waals surface area contributed by atoms with Crippen LogP contribution in [0.4, 0.5) is 15.8 Å². The highest BCUT2D eigenvalue weighted by Crippen LogP contribution is 2.19. The van der Waals surface area contributed by atoms with Crippen LogP contribution in [0.1, 0.15) is 11.1 Å². The quantitative estimate of drug-likeness (QED) is 0.794. The molecular formula is C14H15FN2. The van der Waals surface area contributed by atoms with E-state index >= 15 is 0 Å². The van der Waals surface area contributed by atoms with E-state index in [0.717, 1.165) is 16.9 Å². The Morgan fingerprint density at radius 2 is 1.94 bits per heavy atom. The van der Waals surface area contributed by atoms with Crippen molar-refractivity contribution in [3.63, 3.8) is 0 Å². The van der Waals surface area contributed by atoms with Crippen molar-refractivity contribution in [2.75, 3.05) is 11.1 Å². The highest BCUT2D eigenvalue weighted by Gasteiger charge is 2.02. The van der Waals surface area contributed by atoms with Crippen molar-refractivity contribution >= 4 is 11.4 Å². The van der Waals surface area contributed by atoms with Crippen molar-refractivity contribution in [3.05, 3.63) is 59.4 Å². The Kier molecular flexibility index (Phi) is 3.28. The van der Waals surface area contributed by atoms with E-state index in [2.05, 4.69) is 5.32 Å². The number of hydrogen-bond acceptors (Lipinski definition) is 2. The largest absolute Gasteiger partial charge is 0.399 e. The maximum Gasteiger partial charge on any atom is 0.128 e. The Labute approximate surface area is 100 Å². The molecule has 0 radical (unpaired) electrons. The van der Waals surface area contributed by atoms with E-state index in [4.69, 9.17) is 5.73 Å². The molecule has 17 heavy (non-hydrogen) atoms. The molecule has 0 spiro atoms. The van der Waals surface area contributed by atoms with Crippen molar-refractivity contribution in [1.82, 2.24) is 0 Å². The Morgan fingerprint density at radius 1 is 1.18 bits per heavy atom. The fourth-order valence-corrected chi connectivity index (χ4v) is 1.72. The lowest BCUT2D eigenvalue weighted by molar-refractivity contribution is 0.613. The van der Waals surface area contributed by atoms with Crippen LogP contribution in [-0.2, 0) is 6.54 Å². The molecule has 2 aromatic carbocycles. The molecule has 3 N–H and O–H groups in total. The summed E-state index contributed by atoms with van der Waals surface area (Å²) < 4.78 is 13.4. The first-order chi connectivity index (χ1) is 8.16. The average molecular weight is 230 g/mol. The number of anilines is 2. The molecule has 2 aromatic rings. The number of rotatable bonds is 3. The van der Waals surface area contributed by atoms with Gasteiger partial charge < -0.3 is 11.1 Å². The second-order valence-corrected chi connectivity index (χ2v) is 4.02. The summed E-state index contributed by atoms with van der Waals surface area (Å²) in [7, 11) is 0. The van der Waals surface area contributed by atoms with Gasteiger partial charge >= 0.3 is 0 Å². The van der Waals surface area contributed by atoms with Crippen LogP contribution in [0.2, 0.25) is 0 Å². The molecule has 0 bridgehead atoms. The second kappa shape index (κ2) is 4.87. The predicted octanol–water partition coefficient (Wildman–Crippen LogP) is 3.33. The fraction of sp³-hybridized carbons (Fsp3) is 0.143. The van der Waals surface area contributed by atoms with Gasteiger partial charge in [0.25, 0.3) is 0 Å². The van der Waals surface area contributed by atoms with E-state index in [0.29, 0.717) is 12.1 Å². The Morgan fingerprint density at radius 3 is 2.65 bits per heavy atom. The first-order valence-corrected chi connectivity index (χ1v) is 5.50. The third-order valence-electron chi connectivity index (χ3n) is 2.68. The lowest BCUT2D eigenvalue weighted by atomic mass is 10.1. The summed E-state index contributed by atoms with van der Waals surface area (Å²) in [6.45, 7) is 2.44. The van der Waals surface area contributed by atoms with E-state index < -0.39 is 0 Å². The number of benzene rings is 2. The van der Waals surface area contributed by atoms with Crippen LogP contribution in [0.25, 0.3) is 0 Å². The van der Waals surface area contributed by atoms with Crippen molar-refractivity contribution in [2.24, 2.45) is 0 Å². The summed E-state index contributed by atoms with van der Waals surface area (Å²) >= 11 is 0. The molecule has 0 unspecified atom stereocenters. The van der Waals surface area contributed by atoms with E-state index in [1.807, 2.05) is 31.2 Å². The molecule has 88 valence electrons. The topological polar surface area (TPSA) is 38.0 Å². The van der Waals surface area contributed by atoms with Crippen molar-refractivity contribution in [2.45, 2.75) is 13.5 Å². The van der Waals surface area contributed by atoms with Gasteiger partial charge in [0.2, 0.25) is 0 Å². The van der Waals surface area contributed by atoms with Gasteiger partial charge in [-0.15, -0.1) is 0 Å². The molecule has 2 nitrogen and oxygen atoms in total. The van der Waals surface area contributed by atoms with Gasteiger partial charge in [-0.2, -0.15) is 0 Å². The predicted molar refractivity (Wildman–Crippen MR) is 69.3 cm³/mol. The van der Waals surface area contributed by atoms with E-state index in [9.17, 15) is 4.39 Å². The fourth-order valence-electron chi connectivity index (χ4n) is 1.72. The molecule has 0 aliphatic carbocycles. The summed E-state index contributed by atoms with van der Waals surface area (Å²) in [4.78, 5) is 0. The van der Waals surface area contributed by atoms with E-state index in [-0.39, 0.29) is 5.82 Å². The molecule has 0 aromatic heterocycles. The Hall–Kier alpha value is -2.03. The average Bonchev–Trinajstić information content (AvgIpc) is 2.30. The first-order valence-electron chi connectivity index (χ1n) is 5.50. The summed E-state index contributed by atoms with van der Waals surface area (Å²) in [6, 6.07) is 12.4. The van der Waals surface area contributed by atoms with Gasteiger partial charge in [0.05, 0.1) is 0 Å². The third kappa shape index (κ3) is 2.75. The van der Waals surface area contributed by atoms with Crippen molar-refractivity contribution in [1.29, 1.82) is 0 Å². The second-order valence-electron chi connectivity index (χ2n) is 4.02. The zero-order valence-electron chi connectivity index (χ0n) is 9.70. The van der Waals surface area contributed by atoms with E-state index in [1.54, 1.807) is 12.1 Å². The molecule has 0 amide bonds. The number of nitrogens with one attached hydrogen (secondary N) is 1.